The molecule has 0 atom stereocenters. The molecule has 2 aromatic rings. The monoisotopic (exact) mass is 305 g/mol. The number of aryl methyl sites for hydroxylation is 1. The molecule has 0 radical (unpaired) electrons. The average Bonchev–Trinajstić information content (AvgIpc) is 2.88. The molecule has 4 heteroatoms. The van der Waals surface area contributed by atoms with E-state index in [1.54, 1.807) is 25.1 Å². The van der Waals surface area contributed by atoms with Gasteiger partial charge in [-0.2, -0.15) is 0 Å². The first-order chi connectivity index (χ1) is 10.1. The van der Waals surface area contributed by atoms with E-state index < -0.39 is 0 Å². The number of rotatable bonds is 7. The molecule has 0 aliphatic heterocycles. The molecule has 0 fully saturated rings. The summed E-state index contributed by atoms with van der Waals surface area (Å²) >= 11 is 1.78. The topological polar surface area (TPSA) is 34.4 Å². The highest BCUT2D eigenvalue weighted by molar-refractivity contribution is 7.98. The van der Waals surface area contributed by atoms with Crippen LogP contribution in [0.1, 0.15) is 30.7 Å². The molecular weight excluding hydrogens is 282 g/mol. The first-order valence-electron chi connectivity index (χ1n) is 7.16. The van der Waals surface area contributed by atoms with Crippen molar-refractivity contribution in [3.8, 4) is 5.75 Å². The highest BCUT2D eigenvalue weighted by atomic mass is 32.2. The predicted octanol–water partition coefficient (Wildman–Crippen LogP) is 4.39. The third kappa shape index (κ3) is 4.55. The van der Waals surface area contributed by atoms with E-state index in [-0.39, 0.29) is 0 Å². The van der Waals surface area contributed by atoms with Crippen molar-refractivity contribution in [3.05, 3.63) is 47.4 Å². The second kappa shape index (κ2) is 7.57. The van der Waals surface area contributed by atoms with E-state index in [2.05, 4.69) is 37.4 Å². The quantitative estimate of drug-likeness (QED) is 0.770. The van der Waals surface area contributed by atoms with Gasteiger partial charge in [0.2, 0.25) is 0 Å². The van der Waals surface area contributed by atoms with Crippen LogP contribution in [0, 0.1) is 6.92 Å². The van der Waals surface area contributed by atoms with Gasteiger partial charge in [0, 0.05) is 28.8 Å². The largest absolute Gasteiger partial charge is 0.496 e. The zero-order valence-corrected chi connectivity index (χ0v) is 13.9. The normalized spacial score (nSPS) is 11.1. The van der Waals surface area contributed by atoms with Gasteiger partial charge in [-0.25, -0.2) is 0 Å². The van der Waals surface area contributed by atoms with E-state index >= 15 is 0 Å². The molecule has 0 aliphatic rings. The molecule has 0 amide bonds. The minimum absolute atomic E-state index is 0.485. The Morgan fingerprint density at radius 2 is 2.10 bits per heavy atom. The first kappa shape index (κ1) is 16.0. The lowest BCUT2D eigenvalue weighted by molar-refractivity contribution is 0.411. The lowest BCUT2D eigenvalue weighted by Crippen LogP contribution is -2.21. The molecule has 0 spiro atoms. The number of thioether (sulfide) groups is 1. The van der Waals surface area contributed by atoms with Crippen LogP contribution in [-0.4, -0.2) is 13.2 Å². The molecule has 0 bridgehead atoms. The van der Waals surface area contributed by atoms with Crippen molar-refractivity contribution in [3.63, 3.8) is 0 Å². The second-order valence-electron chi connectivity index (χ2n) is 5.31. The molecular formula is C17H23NO2S. The predicted molar refractivity (Wildman–Crippen MR) is 88.0 cm³/mol. The number of hydrogen-bond acceptors (Lipinski definition) is 4. The minimum atomic E-state index is 0.485. The van der Waals surface area contributed by atoms with Crippen LogP contribution in [0.2, 0.25) is 0 Å². The fourth-order valence-electron chi connectivity index (χ4n) is 2.06. The highest BCUT2D eigenvalue weighted by Crippen LogP contribution is 2.31. The molecule has 3 nitrogen and oxygen atoms in total. The average molecular weight is 305 g/mol. The van der Waals surface area contributed by atoms with Gasteiger partial charge in [-0.05, 0) is 30.7 Å². The van der Waals surface area contributed by atoms with Crippen LogP contribution in [0.4, 0.5) is 0 Å². The van der Waals surface area contributed by atoms with Crippen LogP contribution in [0.5, 0.6) is 5.75 Å². The number of furan rings is 1. The third-order valence-electron chi connectivity index (χ3n) is 3.25. The maximum Gasteiger partial charge on any atom is 0.122 e. The lowest BCUT2D eigenvalue weighted by atomic mass is 10.1. The number of hydrogen-bond donors (Lipinski definition) is 1. The summed E-state index contributed by atoms with van der Waals surface area (Å²) in [6, 6.07) is 8.88. The Morgan fingerprint density at radius 3 is 2.71 bits per heavy atom. The Hall–Kier alpha value is -1.39. The second-order valence-corrected chi connectivity index (χ2v) is 6.33. The number of benzene rings is 1. The highest BCUT2D eigenvalue weighted by Gasteiger charge is 2.08. The van der Waals surface area contributed by atoms with Gasteiger partial charge < -0.3 is 14.5 Å². The van der Waals surface area contributed by atoms with E-state index in [4.69, 9.17) is 9.15 Å². The van der Waals surface area contributed by atoms with Crippen molar-refractivity contribution >= 4 is 11.8 Å². The summed E-state index contributed by atoms with van der Waals surface area (Å²) in [5, 5.41) is 3.44. The molecule has 2 rings (SSSR count). The molecule has 21 heavy (non-hydrogen) atoms. The fraction of sp³-hybridized carbons (Fsp3) is 0.412. The zero-order valence-electron chi connectivity index (χ0n) is 13.1. The molecule has 0 unspecified atom stereocenters. The molecule has 114 valence electrons. The van der Waals surface area contributed by atoms with Gasteiger partial charge in [0.05, 0.1) is 13.4 Å². The molecule has 1 aromatic heterocycles. The minimum Gasteiger partial charge on any atom is -0.496 e. The maximum absolute atomic E-state index is 5.47. The van der Waals surface area contributed by atoms with E-state index in [1.807, 2.05) is 13.0 Å². The summed E-state index contributed by atoms with van der Waals surface area (Å²) in [4.78, 5) is 1.18. The molecule has 0 saturated carbocycles. The van der Waals surface area contributed by atoms with Crippen molar-refractivity contribution in [2.75, 3.05) is 7.11 Å². The first-order valence-corrected chi connectivity index (χ1v) is 8.14. The van der Waals surface area contributed by atoms with E-state index in [1.165, 1.54) is 16.0 Å². The summed E-state index contributed by atoms with van der Waals surface area (Å²) in [6.07, 6.45) is 1.73. The zero-order chi connectivity index (χ0) is 15.2. The molecule has 1 aromatic carbocycles. The van der Waals surface area contributed by atoms with Crippen LogP contribution < -0.4 is 10.1 Å². The van der Waals surface area contributed by atoms with E-state index in [0.29, 0.717) is 6.04 Å². The van der Waals surface area contributed by atoms with Crippen molar-refractivity contribution in [1.82, 2.24) is 5.32 Å². The van der Waals surface area contributed by atoms with E-state index in [0.717, 1.165) is 23.8 Å². The van der Waals surface area contributed by atoms with Crippen LogP contribution in [0.3, 0.4) is 0 Å². The van der Waals surface area contributed by atoms with Crippen LogP contribution in [0.25, 0.3) is 0 Å². The Morgan fingerprint density at radius 1 is 1.29 bits per heavy atom. The van der Waals surface area contributed by atoms with Crippen molar-refractivity contribution in [1.29, 1.82) is 0 Å². The van der Waals surface area contributed by atoms with Gasteiger partial charge in [-0.15, -0.1) is 11.8 Å². The van der Waals surface area contributed by atoms with Crippen molar-refractivity contribution in [2.45, 2.75) is 44.0 Å². The van der Waals surface area contributed by atoms with Crippen LogP contribution in [0.15, 0.2) is 39.8 Å². The molecule has 0 saturated heterocycles. The summed E-state index contributed by atoms with van der Waals surface area (Å²) in [5.74, 6) is 2.78. The van der Waals surface area contributed by atoms with Gasteiger partial charge in [-0.1, -0.05) is 19.9 Å². The van der Waals surface area contributed by atoms with Crippen molar-refractivity contribution in [2.24, 2.45) is 0 Å². The van der Waals surface area contributed by atoms with Gasteiger partial charge in [0.25, 0.3) is 0 Å². The number of nitrogens with one attached hydrogen (secondary N) is 1. The SMILES string of the molecule is COc1ccc(CNC(C)C)cc1CSc1ccoc1C. The Bertz CT molecular complexity index is 578. The smallest absolute Gasteiger partial charge is 0.122 e. The van der Waals surface area contributed by atoms with Gasteiger partial charge in [0.15, 0.2) is 0 Å². The lowest BCUT2D eigenvalue weighted by Gasteiger charge is -2.12. The van der Waals surface area contributed by atoms with E-state index in [9.17, 15) is 0 Å². The molecule has 1 N–H and O–H groups in total. The summed E-state index contributed by atoms with van der Waals surface area (Å²) in [5.41, 5.74) is 2.50. The standard InChI is InChI=1S/C17H23NO2S/c1-12(2)18-10-14-5-6-16(19-4)15(9-14)11-21-17-7-8-20-13(17)3/h5-9,12,18H,10-11H2,1-4H3. The van der Waals surface area contributed by atoms with Crippen molar-refractivity contribution < 1.29 is 9.15 Å². The van der Waals surface area contributed by atoms with Crippen LogP contribution in [-0.2, 0) is 12.3 Å². The maximum atomic E-state index is 5.47. The Kier molecular flexibility index (Phi) is 5.76. The number of methoxy groups -OCH3 is 1. The van der Waals surface area contributed by atoms with Gasteiger partial charge in [0.1, 0.15) is 11.5 Å². The Labute approximate surface area is 131 Å². The molecule has 0 aliphatic carbocycles. The Balaban J connectivity index is 2.08. The van der Waals surface area contributed by atoms with Gasteiger partial charge >= 0.3 is 0 Å². The fourth-order valence-corrected chi connectivity index (χ4v) is 2.99. The van der Waals surface area contributed by atoms with Gasteiger partial charge in [-0.3, -0.25) is 0 Å². The summed E-state index contributed by atoms with van der Waals surface area (Å²) in [6.45, 7) is 7.18. The summed E-state index contributed by atoms with van der Waals surface area (Å²) in [7, 11) is 1.72. The van der Waals surface area contributed by atoms with Crippen LogP contribution >= 0.6 is 11.8 Å². The third-order valence-corrected chi connectivity index (χ3v) is 4.44. The molecule has 1 heterocycles. The number of ether oxygens (including phenoxy) is 1. The summed E-state index contributed by atoms with van der Waals surface area (Å²) < 4.78 is 10.8.